The van der Waals surface area contributed by atoms with Gasteiger partial charge in [0.25, 0.3) is 0 Å². The lowest BCUT2D eigenvalue weighted by Crippen LogP contribution is -2.44. The second kappa shape index (κ2) is 10.3. The average Bonchev–Trinajstić information content (AvgIpc) is 3.38. The Hall–Kier alpha value is -2.35. The van der Waals surface area contributed by atoms with Crippen molar-refractivity contribution < 1.29 is 9.21 Å². The molecule has 0 bridgehead atoms. The fraction of sp³-hybridized carbons (Fsp3) is 0.478. The summed E-state index contributed by atoms with van der Waals surface area (Å²) in [6.45, 7) is 7.83. The number of likely N-dealkylation sites (N-methyl/N-ethyl adjacent to an activating group) is 1. The third kappa shape index (κ3) is 5.87. The van der Waals surface area contributed by atoms with E-state index < -0.39 is 0 Å². The van der Waals surface area contributed by atoms with Gasteiger partial charge in [-0.1, -0.05) is 11.6 Å². The topological polar surface area (TPSA) is 55.5 Å². The maximum atomic E-state index is 12.6. The van der Waals surface area contributed by atoms with Crippen LogP contribution in [-0.4, -0.2) is 91.4 Å². The monoisotopic (exact) mass is 443 g/mol. The van der Waals surface area contributed by atoms with E-state index in [-0.39, 0.29) is 6.03 Å². The smallest absolute Gasteiger partial charge is 0.340 e. The second-order valence-corrected chi connectivity index (χ2v) is 8.63. The Bertz CT molecular complexity index is 890. The van der Waals surface area contributed by atoms with Crippen LogP contribution in [0.3, 0.4) is 0 Å². The van der Waals surface area contributed by atoms with E-state index in [0.29, 0.717) is 17.3 Å². The summed E-state index contributed by atoms with van der Waals surface area (Å²) < 4.78 is 5.82. The molecule has 31 heavy (non-hydrogen) atoms. The number of hydrogen-bond donors (Lipinski definition) is 0. The van der Waals surface area contributed by atoms with Crippen molar-refractivity contribution in [3.05, 3.63) is 47.2 Å². The highest BCUT2D eigenvalue weighted by atomic mass is 35.5. The molecule has 4 rings (SSSR count). The van der Waals surface area contributed by atoms with Crippen LogP contribution in [0.4, 0.5) is 4.79 Å². The van der Waals surface area contributed by atoms with Gasteiger partial charge in [-0.15, -0.1) is 0 Å². The summed E-state index contributed by atoms with van der Waals surface area (Å²) in [5, 5.41) is 6.55. The lowest BCUT2D eigenvalue weighted by atomic mass is 10.2. The SMILES string of the molecule is CN1CCN(CCCCN2CCN(/N=C/c3ccc(-c4ccc(Cl)cc4)o3)C2=O)CC1. The number of benzene rings is 1. The van der Waals surface area contributed by atoms with Gasteiger partial charge in [0, 0.05) is 49.9 Å². The van der Waals surface area contributed by atoms with Gasteiger partial charge in [0.05, 0.1) is 12.8 Å². The summed E-state index contributed by atoms with van der Waals surface area (Å²) in [6.07, 6.45) is 3.75. The zero-order valence-electron chi connectivity index (χ0n) is 18.0. The quantitative estimate of drug-likeness (QED) is 0.461. The maximum Gasteiger partial charge on any atom is 0.340 e. The van der Waals surface area contributed by atoms with E-state index in [9.17, 15) is 4.79 Å². The van der Waals surface area contributed by atoms with Crippen LogP contribution in [0.15, 0.2) is 45.9 Å². The number of urea groups is 1. The van der Waals surface area contributed by atoms with Gasteiger partial charge < -0.3 is 19.1 Å². The maximum absolute atomic E-state index is 12.6. The molecule has 0 spiro atoms. The van der Waals surface area contributed by atoms with Crippen molar-refractivity contribution in [1.82, 2.24) is 19.7 Å². The molecular weight excluding hydrogens is 414 g/mol. The standard InChI is InChI=1S/C23H30ClN5O2/c1-26-12-14-27(15-13-26)10-2-3-11-28-16-17-29(23(28)30)25-18-21-8-9-22(31-21)19-4-6-20(24)7-5-19/h4-9,18H,2-3,10-17H2,1H3/b25-18+. The molecule has 166 valence electrons. The zero-order chi connectivity index (χ0) is 21.6. The molecule has 1 aromatic heterocycles. The molecule has 1 aromatic carbocycles. The lowest BCUT2D eigenvalue weighted by molar-refractivity contribution is 0.150. The van der Waals surface area contributed by atoms with Gasteiger partial charge >= 0.3 is 6.03 Å². The van der Waals surface area contributed by atoms with Crippen molar-refractivity contribution in [3.8, 4) is 11.3 Å². The minimum absolute atomic E-state index is 0.0275. The number of amides is 2. The highest BCUT2D eigenvalue weighted by Crippen LogP contribution is 2.23. The number of piperazine rings is 1. The molecule has 8 heteroatoms. The van der Waals surface area contributed by atoms with Crippen LogP contribution in [0, 0.1) is 0 Å². The van der Waals surface area contributed by atoms with Gasteiger partial charge in [0.15, 0.2) is 0 Å². The molecule has 0 unspecified atom stereocenters. The Morgan fingerprint density at radius 2 is 1.71 bits per heavy atom. The van der Waals surface area contributed by atoms with Crippen molar-refractivity contribution in [2.24, 2.45) is 5.10 Å². The van der Waals surface area contributed by atoms with Crippen LogP contribution in [0.5, 0.6) is 0 Å². The molecule has 2 aliphatic rings. The number of carbonyl (C=O) groups excluding carboxylic acids is 1. The highest BCUT2D eigenvalue weighted by molar-refractivity contribution is 6.30. The predicted molar refractivity (Wildman–Crippen MR) is 124 cm³/mol. The first-order valence-corrected chi connectivity index (χ1v) is 11.3. The Morgan fingerprint density at radius 3 is 2.48 bits per heavy atom. The third-order valence-electron chi connectivity index (χ3n) is 5.90. The van der Waals surface area contributed by atoms with Crippen molar-refractivity contribution in [3.63, 3.8) is 0 Å². The Labute approximate surface area is 188 Å². The number of hydrogen-bond acceptors (Lipinski definition) is 5. The van der Waals surface area contributed by atoms with Gasteiger partial charge in [-0.05, 0) is 62.8 Å². The fourth-order valence-corrected chi connectivity index (χ4v) is 4.04. The van der Waals surface area contributed by atoms with Crippen LogP contribution in [0.25, 0.3) is 11.3 Å². The Morgan fingerprint density at radius 1 is 0.968 bits per heavy atom. The van der Waals surface area contributed by atoms with Gasteiger partial charge in [-0.2, -0.15) is 5.10 Å². The summed E-state index contributed by atoms with van der Waals surface area (Å²) in [4.78, 5) is 19.4. The van der Waals surface area contributed by atoms with Crippen molar-refractivity contribution in [1.29, 1.82) is 0 Å². The second-order valence-electron chi connectivity index (χ2n) is 8.20. The van der Waals surface area contributed by atoms with Gasteiger partial charge in [0.2, 0.25) is 0 Å². The molecular formula is C23H30ClN5O2. The number of rotatable bonds is 8. The molecule has 2 saturated heterocycles. The molecule has 3 heterocycles. The molecule has 2 aliphatic heterocycles. The summed E-state index contributed by atoms with van der Waals surface area (Å²) in [5.41, 5.74) is 0.948. The van der Waals surface area contributed by atoms with Crippen molar-refractivity contribution >= 4 is 23.8 Å². The van der Waals surface area contributed by atoms with Crippen LogP contribution in [0.1, 0.15) is 18.6 Å². The van der Waals surface area contributed by atoms with Gasteiger partial charge in [-0.3, -0.25) is 0 Å². The number of unbranched alkanes of at least 4 members (excludes halogenated alkanes) is 1. The first-order chi connectivity index (χ1) is 15.1. The molecule has 2 amide bonds. The van der Waals surface area contributed by atoms with Crippen molar-refractivity contribution in [2.75, 3.05) is 59.4 Å². The molecule has 2 fully saturated rings. The van der Waals surface area contributed by atoms with E-state index in [1.54, 1.807) is 6.21 Å². The molecule has 0 atom stereocenters. The Balaban J connectivity index is 1.21. The van der Waals surface area contributed by atoms with E-state index in [0.717, 1.165) is 70.0 Å². The van der Waals surface area contributed by atoms with E-state index in [1.165, 1.54) is 5.01 Å². The average molecular weight is 444 g/mol. The summed E-state index contributed by atoms with van der Waals surface area (Å²) in [6, 6.07) is 11.2. The third-order valence-corrected chi connectivity index (χ3v) is 6.15. The number of nitrogens with zero attached hydrogens (tertiary/aromatic N) is 5. The minimum atomic E-state index is -0.0275. The molecule has 0 radical (unpaired) electrons. The van der Waals surface area contributed by atoms with E-state index >= 15 is 0 Å². The summed E-state index contributed by atoms with van der Waals surface area (Å²) in [7, 11) is 2.18. The van der Waals surface area contributed by atoms with E-state index in [2.05, 4.69) is 21.9 Å². The summed E-state index contributed by atoms with van der Waals surface area (Å²) >= 11 is 5.94. The number of halogens is 1. The van der Waals surface area contributed by atoms with Crippen molar-refractivity contribution in [2.45, 2.75) is 12.8 Å². The minimum Gasteiger partial charge on any atom is -0.455 e. The molecule has 2 aromatic rings. The molecule has 0 aliphatic carbocycles. The van der Waals surface area contributed by atoms with Crippen LogP contribution in [0.2, 0.25) is 5.02 Å². The fourth-order valence-electron chi connectivity index (χ4n) is 3.91. The van der Waals surface area contributed by atoms with Gasteiger partial charge in [-0.25, -0.2) is 9.80 Å². The number of carbonyl (C=O) groups is 1. The molecule has 7 nitrogen and oxygen atoms in total. The molecule has 0 N–H and O–H groups in total. The Kier molecular flexibility index (Phi) is 7.27. The van der Waals surface area contributed by atoms with Crippen LogP contribution in [-0.2, 0) is 0 Å². The summed E-state index contributed by atoms with van der Waals surface area (Å²) in [5.74, 6) is 1.36. The van der Waals surface area contributed by atoms with Gasteiger partial charge in [0.1, 0.15) is 11.5 Å². The highest BCUT2D eigenvalue weighted by Gasteiger charge is 2.27. The normalized spacial score (nSPS) is 18.6. The number of furan rings is 1. The first kappa shape index (κ1) is 21.9. The van der Waals surface area contributed by atoms with Crippen LogP contribution < -0.4 is 0 Å². The first-order valence-electron chi connectivity index (χ1n) is 11.0. The molecule has 0 saturated carbocycles. The largest absolute Gasteiger partial charge is 0.455 e. The van der Waals surface area contributed by atoms with Crippen LogP contribution >= 0.6 is 11.6 Å². The van der Waals surface area contributed by atoms with E-state index in [1.807, 2.05) is 41.3 Å². The number of hydrazone groups is 1. The van der Waals surface area contributed by atoms with E-state index in [4.69, 9.17) is 16.0 Å². The predicted octanol–water partition coefficient (Wildman–Crippen LogP) is 3.70. The lowest BCUT2D eigenvalue weighted by Gasteiger charge is -2.32. The zero-order valence-corrected chi connectivity index (χ0v) is 18.8.